The third-order valence-electron chi connectivity index (χ3n) is 8.26. The number of rotatable bonds is 16. The Morgan fingerprint density at radius 1 is 0.918 bits per heavy atom. The Kier molecular flexibility index (Phi) is 12.7. The number of benzene rings is 2. The van der Waals surface area contributed by atoms with Crippen molar-refractivity contribution in [2.24, 2.45) is 0 Å². The molecule has 260 valence electrons. The van der Waals surface area contributed by atoms with E-state index >= 15 is 0 Å². The lowest BCUT2D eigenvalue weighted by Gasteiger charge is -2.23. The van der Waals surface area contributed by atoms with E-state index in [1.165, 1.54) is 0 Å². The number of nitrogens with zero attached hydrogens (tertiary/aromatic N) is 4. The molecular formula is C35H41Cl2N7O4S. The minimum atomic E-state index is -0.827. The molecule has 2 aromatic heterocycles. The predicted molar refractivity (Wildman–Crippen MR) is 195 cm³/mol. The highest BCUT2D eigenvalue weighted by Gasteiger charge is 2.23. The first-order valence-corrected chi connectivity index (χ1v) is 18.1. The molecule has 0 aliphatic carbocycles. The highest BCUT2D eigenvalue weighted by Crippen LogP contribution is 2.42. The van der Waals surface area contributed by atoms with E-state index in [2.05, 4.69) is 25.9 Å². The van der Waals surface area contributed by atoms with E-state index in [1.54, 1.807) is 38.4 Å². The topological polar surface area (TPSA) is 143 Å². The molecular weight excluding hydrogens is 685 g/mol. The van der Waals surface area contributed by atoms with E-state index in [-0.39, 0.29) is 11.9 Å². The van der Waals surface area contributed by atoms with Gasteiger partial charge in [-0.15, -0.1) is 0 Å². The van der Waals surface area contributed by atoms with Gasteiger partial charge < -0.3 is 30.5 Å². The number of carbonyl (C=O) groups is 1. The van der Waals surface area contributed by atoms with Crippen molar-refractivity contribution in [1.29, 1.82) is 0 Å². The molecule has 4 aromatic rings. The second-order valence-corrected chi connectivity index (χ2v) is 13.8. The van der Waals surface area contributed by atoms with Crippen LogP contribution < -0.4 is 25.4 Å². The lowest BCUT2D eigenvalue weighted by atomic mass is 9.98. The number of hydrogen-bond acceptors (Lipinski definition) is 11. The summed E-state index contributed by atoms with van der Waals surface area (Å²) in [7, 11) is 3.10. The molecule has 5 rings (SSSR count). The molecule has 1 fully saturated rings. The van der Waals surface area contributed by atoms with Crippen LogP contribution in [0.15, 0.2) is 48.8 Å². The number of thioether (sulfide) groups is 1. The summed E-state index contributed by atoms with van der Waals surface area (Å²) in [5.74, 6) is 1.71. The van der Waals surface area contributed by atoms with E-state index in [0.717, 1.165) is 12.2 Å². The maximum Gasteiger partial charge on any atom is 0.237 e. The smallest absolute Gasteiger partial charge is 0.237 e. The predicted octanol–water partition coefficient (Wildman–Crippen LogP) is 5.55. The van der Waals surface area contributed by atoms with Gasteiger partial charge in [-0.25, -0.2) is 9.97 Å². The van der Waals surface area contributed by atoms with Gasteiger partial charge in [0.25, 0.3) is 0 Å². The number of ether oxygens (including phenoxy) is 2. The summed E-state index contributed by atoms with van der Waals surface area (Å²) in [5.41, 5.74) is 4.30. The lowest BCUT2D eigenvalue weighted by molar-refractivity contribution is -0.119. The van der Waals surface area contributed by atoms with Crippen LogP contribution in [0.3, 0.4) is 0 Å². The van der Waals surface area contributed by atoms with Gasteiger partial charge in [0.1, 0.15) is 11.4 Å². The highest BCUT2D eigenvalue weighted by atomic mass is 35.5. The van der Waals surface area contributed by atoms with Crippen LogP contribution in [-0.2, 0) is 17.9 Å². The Balaban J connectivity index is 1.35. The number of halogens is 2. The molecule has 0 bridgehead atoms. The number of aromatic nitrogens is 4. The number of nitrogens with one attached hydrogen (secondary N) is 3. The molecule has 3 heterocycles. The molecule has 1 aliphatic rings. The minimum Gasteiger partial charge on any atom is -0.480 e. The maximum atomic E-state index is 11.5. The molecule has 1 saturated heterocycles. The second-order valence-electron chi connectivity index (χ2n) is 12.0. The zero-order valence-electron chi connectivity index (χ0n) is 28.0. The summed E-state index contributed by atoms with van der Waals surface area (Å²) < 4.78 is 11.2. The first kappa shape index (κ1) is 36.8. The van der Waals surface area contributed by atoms with E-state index < -0.39 is 5.60 Å². The van der Waals surface area contributed by atoms with Crippen molar-refractivity contribution < 1.29 is 19.4 Å². The first-order chi connectivity index (χ1) is 23.6. The number of hydrogen-bond donors (Lipinski definition) is 4. The van der Waals surface area contributed by atoms with Gasteiger partial charge in [0.05, 0.1) is 53.6 Å². The van der Waals surface area contributed by atoms with Crippen molar-refractivity contribution in [3.8, 4) is 45.4 Å². The summed E-state index contributed by atoms with van der Waals surface area (Å²) >= 11 is 15.8. The van der Waals surface area contributed by atoms with Crippen molar-refractivity contribution in [1.82, 2.24) is 35.9 Å². The van der Waals surface area contributed by atoms with Crippen LogP contribution >= 0.6 is 35.0 Å². The number of aliphatic hydroxyl groups is 1. The number of carbonyl (C=O) groups excluding carboxylic acids is 1. The van der Waals surface area contributed by atoms with E-state index in [9.17, 15) is 9.90 Å². The average Bonchev–Trinajstić information content (AvgIpc) is 3.52. The van der Waals surface area contributed by atoms with Crippen LogP contribution in [0.4, 0.5) is 0 Å². The maximum absolute atomic E-state index is 11.5. The van der Waals surface area contributed by atoms with Crippen molar-refractivity contribution in [3.63, 3.8) is 0 Å². The fraction of sp³-hybridized carbons (Fsp3) is 0.400. The summed E-state index contributed by atoms with van der Waals surface area (Å²) in [6.07, 6.45) is 7.40. The quantitative estimate of drug-likeness (QED) is 0.115. The van der Waals surface area contributed by atoms with E-state index in [1.807, 2.05) is 49.6 Å². The molecule has 0 saturated carbocycles. The Morgan fingerprint density at radius 3 is 1.94 bits per heavy atom. The average molecular weight is 727 g/mol. The summed E-state index contributed by atoms with van der Waals surface area (Å²) in [5, 5.41) is 21.1. The van der Waals surface area contributed by atoms with Crippen molar-refractivity contribution in [2.75, 3.05) is 39.3 Å². The molecule has 14 heteroatoms. The normalized spacial score (nSPS) is 15.6. The molecule has 0 radical (unpaired) electrons. The monoisotopic (exact) mass is 725 g/mol. The number of amides is 1. The van der Waals surface area contributed by atoms with Crippen LogP contribution in [0.5, 0.6) is 11.8 Å². The number of methoxy groups -OCH3 is 2. The van der Waals surface area contributed by atoms with Gasteiger partial charge in [-0.1, -0.05) is 59.6 Å². The van der Waals surface area contributed by atoms with Gasteiger partial charge in [0.2, 0.25) is 17.7 Å². The van der Waals surface area contributed by atoms with Gasteiger partial charge in [-0.3, -0.25) is 14.8 Å². The van der Waals surface area contributed by atoms with Gasteiger partial charge in [-0.05, 0) is 31.8 Å². The Bertz CT molecular complexity index is 1780. The molecule has 1 aliphatic heterocycles. The zero-order chi connectivity index (χ0) is 35.0. The SMILES string of the molecule is COc1nc(-c2cccc(-c3cccc(-c4cnc(CNCC(C)(O)CCSC)c(OC)n4)c3Cl)c2Cl)cnc1CNC[C@@H]1CCC(=O)N1. The fourth-order valence-corrected chi connectivity index (χ4v) is 6.85. The van der Waals surface area contributed by atoms with Gasteiger partial charge in [-0.2, -0.15) is 11.8 Å². The second kappa shape index (κ2) is 16.9. The summed E-state index contributed by atoms with van der Waals surface area (Å²) in [6, 6.07) is 11.4. The van der Waals surface area contributed by atoms with E-state index in [0.29, 0.717) is 106 Å². The standard InChI is InChI=1S/C35H41Cl2N7O4S/c1-35(46,13-14-49-4)20-39-17-29-34(48-3)44-27(19-41-29)25-10-6-8-23(32(25)37)22-7-5-9-24(31(22)36)26-18-40-28(33(43-26)47-2)16-38-15-21-11-12-30(45)42-21/h5-10,18-19,21,38-39,46H,11-17,20H2,1-4H3,(H,42,45)/t21-,35?/m0/s1. The van der Waals surface area contributed by atoms with Crippen LogP contribution in [0, 0.1) is 0 Å². The van der Waals surface area contributed by atoms with Crippen molar-refractivity contribution >= 4 is 40.9 Å². The Morgan fingerprint density at radius 2 is 1.45 bits per heavy atom. The molecule has 1 amide bonds. The first-order valence-electron chi connectivity index (χ1n) is 15.9. The van der Waals surface area contributed by atoms with Crippen LogP contribution in [0.2, 0.25) is 10.0 Å². The fourth-order valence-electron chi connectivity index (χ4n) is 5.55. The van der Waals surface area contributed by atoms with Crippen LogP contribution in [0.1, 0.15) is 37.6 Å². The van der Waals surface area contributed by atoms with Crippen molar-refractivity contribution in [3.05, 3.63) is 70.2 Å². The largest absolute Gasteiger partial charge is 0.480 e. The minimum absolute atomic E-state index is 0.0805. The third kappa shape index (κ3) is 9.19. The van der Waals surface area contributed by atoms with Crippen molar-refractivity contribution in [2.45, 2.75) is 50.9 Å². The molecule has 1 unspecified atom stereocenters. The Labute approximate surface area is 301 Å². The molecule has 49 heavy (non-hydrogen) atoms. The molecule has 2 aromatic carbocycles. The zero-order valence-corrected chi connectivity index (χ0v) is 30.3. The summed E-state index contributed by atoms with van der Waals surface area (Å²) in [6.45, 7) is 3.68. The van der Waals surface area contributed by atoms with Crippen LogP contribution in [0.25, 0.3) is 33.6 Å². The lowest BCUT2D eigenvalue weighted by Crippen LogP contribution is -2.38. The van der Waals surface area contributed by atoms with Crippen LogP contribution in [-0.4, -0.2) is 81.9 Å². The molecule has 2 atom stereocenters. The highest BCUT2D eigenvalue weighted by molar-refractivity contribution is 7.98. The molecule has 11 nitrogen and oxygen atoms in total. The third-order valence-corrected chi connectivity index (χ3v) is 9.69. The summed E-state index contributed by atoms with van der Waals surface area (Å²) in [4.78, 5) is 30.2. The van der Waals surface area contributed by atoms with Gasteiger partial charge >= 0.3 is 0 Å². The Hall–Kier alpha value is -3.52. The van der Waals surface area contributed by atoms with Gasteiger partial charge in [0, 0.05) is 60.9 Å². The molecule has 0 spiro atoms. The van der Waals surface area contributed by atoms with Gasteiger partial charge in [0.15, 0.2) is 0 Å². The van der Waals surface area contributed by atoms with E-state index in [4.69, 9.17) is 42.6 Å². The molecule has 4 N–H and O–H groups in total.